The Bertz CT molecular complexity index is 548. The lowest BCUT2D eigenvalue weighted by molar-refractivity contribution is -0.114. The van der Waals surface area contributed by atoms with Gasteiger partial charge in [0.05, 0.1) is 11.1 Å². The highest BCUT2D eigenvalue weighted by Gasteiger charge is 2.11. The van der Waals surface area contributed by atoms with Crippen LogP contribution in [0.25, 0.3) is 6.08 Å². The van der Waals surface area contributed by atoms with Crippen LogP contribution in [0.5, 0.6) is 5.75 Å². The topological polar surface area (TPSA) is 76.1 Å². The normalized spacial score (nSPS) is 10.9. The summed E-state index contributed by atoms with van der Waals surface area (Å²) >= 11 is 6.70. The fourth-order valence-electron chi connectivity index (χ4n) is 1.30. The molecule has 0 unspecified atom stereocenters. The molecule has 0 aliphatic rings. The van der Waals surface area contributed by atoms with Crippen LogP contribution in [0.15, 0.2) is 26.7 Å². The van der Waals surface area contributed by atoms with Crippen LogP contribution in [0.4, 0.5) is 0 Å². The summed E-state index contributed by atoms with van der Waals surface area (Å²) in [4.78, 5) is 11.0. The fraction of sp³-hybridized carbons (Fsp3) is 0.167. The van der Waals surface area contributed by atoms with Gasteiger partial charge in [-0.25, -0.2) is 0 Å². The molecule has 0 fully saturated rings. The van der Waals surface area contributed by atoms with E-state index in [1.54, 1.807) is 12.1 Å². The van der Waals surface area contributed by atoms with Gasteiger partial charge in [-0.2, -0.15) is 5.26 Å². The Balaban J connectivity index is 3.39. The van der Waals surface area contributed by atoms with E-state index in [4.69, 9.17) is 15.7 Å². The van der Waals surface area contributed by atoms with Gasteiger partial charge in [0.1, 0.15) is 17.4 Å². The first kappa shape index (κ1) is 14.7. The number of hydrogen-bond donors (Lipinski definition) is 1. The van der Waals surface area contributed by atoms with Gasteiger partial charge in [-0.15, -0.1) is 0 Å². The van der Waals surface area contributed by atoms with Gasteiger partial charge in [0.25, 0.3) is 5.91 Å². The van der Waals surface area contributed by atoms with Crippen LogP contribution in [0.1, 0.15) is 12.5 Å². The Morgan fingerprint density at radius 1 is 1.56 bits per heavy atom. The predicted molar refractivity (Wildman–Crippen MR) is 75.8 cm³/mol. The zero-order chi connectivity index (χ0) is 13.7. The molecule has 0 aromatic heterocycles. The van der Waals surface area contributed by atoms with E-state index in [1.165, 1.54) is 6.08 Å². The van der Waals surface area contributed by atoms with Crippen molar-refractivity contribution in [1.82, 2.24) is 0 Å². The number of amides is 1. The van der Waals surface area contributed by atoms with E-state index in [2.05, 4.69) is 31.9 Å². The van der Waals surface area contributed by atoms with Crippen LogP contribution < -0.4 is 10.5 Å². The van der Waals surface area contributed by atoms with Crippen molar-refractivity contribution in [1.29, 1.82) is 5.26 Å². The third-order valence-corrected chi connectivity index (χ3v) is 3.06. The second kappa shape index (κ2) is 6.57. The van der Waals surface area contributed by atoms with Gasteiger partial charge >= 0.3 is 0 Å². The molecule has 0 radical (unpaired) electrons. The summed E-state index contributed by atoms with van der Waals surface area (Å²) in [6, 6.07) is 5.32. The molecule has 0 heterocycles. The molecule has 1 amide bonds. The molecule has 4 nitrogen and oxygen atoms in total. The maximum absolute atomic E-state index is 11.0. The van der Waals surface area contributed by atoms with Gasteiger partial charge in [0.2, 0.25) is 0 Å². The van der Waals surface area contributed by atoms with E-state index in [0.29, 0.717) is 17.9 Å². The molecule has 18 heavy (non-hydrogen) atoms. The summed E-state index contributed by atoms with van der Waals surface area (Å²) < 4.78 is 7.00. The van der Waals surface area contributed by atoms with Gasteiger partial charge in [-0.3, -0.25) is 4.79 Å². The lowest BCUT2D eigenvalue weighted by atomic mass is 10.1. The summed E-state index contributed by atoms with van der Waals surface area (Å²) in [6.07, 6.45) is 1.41. The number of ether oxygens (including phenoxy) is 1. The minimum atomic E-state index is -0.768. The number of carbonyl (C=O) groups excluding carboxylic acids is 1. The van der Waals surface area contributed by atoms with Crippen LogP contribution in [0, 0.1) is 11.3 Å². The average molecular weight is 374 g/mol. The van der Waals surface area contributed by atoms with Crippen molar-refractivity contribution < 1.29 is 9.53 Å². The van der Waals surface area contributed by atoms with Crippen LogP contribution in [-0.4, -0.2) is 12.5 Å². The second-order valence-corrected chi connectivity index (χ2v) is 5.04. The van der Waals surface area contributed by atoms with E-state index in [0.717, 1.165) is 8.95 Å². The first-order chi connectivity index (χ1) is 8.49. The molecule has 0 saturated heterocycles. The van der Waals surface area contributed by atoms with Gasteiger partial charge in [0, 0.05) is 10.0 Å². The summed E-state index contributed by atoms with van der Waals surface area (Å²) in [6.45, 7) is 2.32. The molecule has 0 spiro atoms. The summed E-state index contributed by atoms with van der Waals surface area (Å²) in [5, 5.41) is 8.83. The summed E-state index contributed by atoms with van der Waals surface area (Å²) in [5.41, 5.74) is 5.58. The average Bonchev–Trinajstić information content (AvgIpc) is 2.29. The Kier molecular flexibility index (Phi) is 5.38. The molecule has 2 N–H and O–H groups in total. The van der Waals surface area contributed by atoms with Crippen molar-refractivity contribution in [3.8, 4) is 11.8 Å². The van der Waals surface area contributed by atoms with Gasteiger partial charge in [-0.05, 0) is 41.1 Å². The minimum absolute atomic E-state index is 0.124. The number of nitriles is 1. The molecule has 1 rings (SSSR count). The fourth-order valence-corrected chi connectivity index (χ4v) is 2.67. The molecule has 1 aromatic rings. The van der Waals surface area contributed by atoms with Crippen molar-refractivity contribution in [2.24, 2.45) is 5.73 Å². The highest BCUT2D eigenvalue weighted by Crippen LogP contribution is 2.34. The number of rotatable bonds is 4. The first-order valence-corrected chi connectivity index (χ1v) is 6.61. The van der Waals surface area contributed by atoms with Crippen LogP contribution >= 0.6 is 31.9 Å². The Labute approximate surface area is 122 Å². The molecule has 0 atom stereocenters. The Morgan fingerprint density at radius 2 is 2.22 bits per heavy atom. The first-order valence-electron chi connectivity index (χ1n) is 5.03. The maximum Gasteiger partial charge on any atom is 0.259 e. The van der Waals surface area contributed by atoms with Gasteiger partial charge in [0.15, 0.2) is 0 Å². The Morgan fingerprint density at radius 3 is 2.72 bits per heavy atom. The molecule has 0 aliphatic carbocycles. The van der Waals surface area contributed by atoms with Crippen LogP contribution in [0.2, 0.25) is 0 Å². The zero-order valence-electron chi connectivity index (χ0n) is 9.54. The number of benzene rings is 1. The van der Waals surface area contributed by atoms with Crippen molar-refractivity contribution in [2.45, 2.75) is 6.92 Å². The van der Waals surface area contributed by atoms with E-state index in [-0.39, 0.29) is 5.57 Å². The zero-order valence-corrected chi connectivity index (χ0v) is 12.7. The lowest BCUT2D eigenvalue weighted by Gasteiger charge is -2.10. The van der Waals surface area contributed by atoms with Crippen molar-refractivity contribution in [2.75, 3.05) is 6.61 Å². The number of halogens is 2. The highest BCUT2D eigenvalue weighted by atomic mass is 79.9. The summed E-state index contributed by atoms with van der Waals surface area (Å²) in [5.74, 6) is -0.203. The maximum atomic E-state index is 11.0. The number of hydrogen-bond acceptors (Lipinski definition) is 3. The van der Waals surface area contributed by atoms with Crippen LogP contribution in [-0.2, 0) is 4.79 Å². The van der Waals surface area contributed by atoms with Crippen molar-refractivity contribution in [3.05, 3.63) is 32.2 Å². The van der Waals surface area contributed by atoms with E-state index >= 15 is 0 Å². The number of carbonyl (C=O) groups is 1. The lowest BCUT2D eigenvalue weighted by Crippen LogP contribution is -2.12. The molecular weight excluding hydrogens is 364 g/mol. The van der Waals surface area contributed by atoms with Crippen molar-refractivity contribution >= 4 is 43.8 Å². The molecule has 0 bridgehead atoms. The van der Waals surface area contributed by atoms with Gasteiger partial charge < -0.3 is 10.5 Å². The SMILES string of the molecule is CCOc1c(Br)cc(Br)cc1/C=C(\C#N)C(N)=O. The molecule has 0 aliphatic heterocycles. The third-order valence-electron chi connectivity index (χ3n) is 2.01. The smallest absolute Gasteiger partial charge is 0.259 e. The van der Waals surface area contributed by atoms with Gasteiger partial charge in [-0.1, -0.05) is 15.9 Å². The quantitative estimate of drug-likeness (QED) is 0.651. The minimum Gasteiger partial charge on any atom is -0.492 e. The Hall–Kier alpha value is -1.32. The molecule has 1 aromatic carbocycles. The number of primary amides is 1. The molecule has 6 heteroatoms. The molecule has 94 valence electrons. The largest absolute Gasteiger partial charge is 0.492 e. The number of nitrogens with zero attached hydrogens (tertiary/aromatic N) is 1. The standard InChI is InChI=1S/C12H10Br2N2O2/c1-2-18-11-7(3-8(6-15)12(16)17)4-9(13)5-10(11)14/h3-5H,2H2,1H3,(H2,16,17)/b8-3+. The van der Waals surface area contributed by atoms with E-state index in [1.807, 2.05) is 13.0 Å². The van der Waals surface area contributed by atoms with Crippen molar-refractivity contribution in [3.63, 3.8) is 0 Å². The molecule has 0 saturated carbocycles. The van der Waals surface area contributed by atoms with Crippen LogP contribution in [0.3, 0.4) is 0 Å². The number of nitrogens with two attached hydrogens (primary N) is 1. The second-order valence-electron chi connectivity index (χ2n) is 3.27. The third kappa shape index (κ3) is 3.59. The summed E-state index contributed by atoms with van der Waals surface area (Å²) in [7, 11) is 0. The molecular formula is C12H10Br2N2O2. The van der Waals surface area contributed by atoms with E-state index in [9.17, 15) is 4.79 Å². The highest BCUT2D eigenvalue weighted by molar-refractivity contribution is 9.11. The van der Waals surface area contributed by atoms with E-state index < -0.39 is 5.91 Å². The predicted octanol–water partition coefficient (Wildman–Crippen LogP) is 3.00. The monoisotopic (exact) mass is 372 g/mol.